The highest BCUT2D eigenvalue weighted by Gasteiger charge is 2.27. The Morgan fingerprint density at radius 1 is 0.939 bits per heavy atom. The number of hydrogen-bond donors (Lipinski definition) is 1. The quantitative estimate of drug-likeness (QED) is 0.461. The summed E-state index contributed by atoms with van der Waals surface area (Å²) in [4.78, 5) is 12.9. The number of benzene rings is 3. The van der Waals surface area contributed by atoms with Gasteiger partial charge in [0, 0.05) is 5.69 Å². The number of carbonyl (C=O) groups is 1. The molecule has 6 nitrogen and oxygen atoms in total. The van der Waals surface area contributed by atoms with E-state index >= 15 is 0 Å². The Balaban J connectivity index is 1.87. The first-order chi connectivity index (χ1) is 15.7. The average Bonchev–Trinajstić information content (AvgIpc) is 2.79. The summed E-state index contributed by atoms with van der Waals surface area (Å²) >= 11 is 0. The molecule has 174 valence electrons. The Morgan fingerprint density at radius 2 is 1.55 bits per heavy atom. The second-order valence-corrected chi connectivity index (χ2v) is 9.94. The first-order valence-corrected chi connectivity index (χ1v) is 12.4. The largest absolute Gasteiger partial charge is 0.494 e. The maximum Gasteiger partial charge on any atom is 0.264 e. The lowest BCUT2D eigenvalue weighted by molar-refractivity contribution is -0.114. The van der Waals surface area contributed by atoms with Gasteiger partial charge in [-0.25, -0.2) is 8.42 Å². The van der Waals surface area contributed by atoms with Gasteiger partial charge in [-0.3, -0.25) is 9.10 Å². The number of nitrogens with zero attached hydrogens (tertiary/aromatic N) is 1. The van der Waals surface area contributed by atoms with E-state index in [1.807, 2.05) is 50.2 Å². The van der Waals surface area contributed by atoms with Gasteiger partial charge in [0.05, 0.1) is 17.2 Å². The molecule has 0 unspecified atom stereocenters. The van der Waals surface area contributed by atoms with Crippen LogP contribution in [0.1, 0.15) is 37.8 Å². The molecule has 3 aromatic carbocycles. The Bertz CT molecular complexity index is 1170. The Labute approximate surface area is 196 Å². The van der Waals surface area contributed by atoms with Gasteiger partial charge >= 0.3 is 0 Å². The van der Waals surface area contributed by atoms with Crippen LogP contribution in [0.15, 0.2) is 77.7 Å². The lowest BCUT2D eigenvalue weighted by Crippen LogP contribution is -2.38. The molecule has 33 heavy (non-hydrogen) atoms. The van der Waals surface area contributed by atoms with E-state index in [2.05, 4.69) is 19.2 Å². The first-order valence-electron chi connectivity index (χ1n) is 10.9. The van der Waals surface area contributed by atoms with E-state index < -0.39 is 15.9 Å². The van der Waals surface area contributed by atoms with Crippen LogP contribution in [-0.4, -0.2) is 27.5 Å². The molecule has 0 atom stereocenters. The highest BCUT2D eigenvalue weighted by molar-refractivity contribution is 7.92. The molecular formula is C26H30N2O4S. The molecule has 1 amide bonds. The number of anilines is 2. The van der Waals surface area contributed by atoms with Crippen LogP contribution < -0.4 is 14.4 Å². The Kier molecular flexibility index (Phi) is 7.76. The summed E-state index contributed by atoms with van der Waals surface area (Å²) < 4.78 is 33.5. The van der Waals surface area contributed by atoms with Crippen molar-refractivity contribution in [2.75, 3.05) is 22.8 Å². The lowest BCUT2D eigenvalue weighted by atomic mass is 10.0. The van der Waals surface area contributed by atoms with Crippen molar-refractivity contribution < 1.29 is 17.9 Å². The molecule has 0 saturated heterocycles. The van der Waals surface area contributed by atoms with E-state index in [0.29, 0.717) is 29.6 Å². The van der Waals surface area contributed by atoms with Crippen LogP contribution in [0.4, 0.5) is 11.4 Å². The molecule has 0 saturated carbocycles. The molecule has 0 aliphatic carbocycles. The lowest BCUT2D eigenvalue weighted by Gasteiger charge is -2.24. The zero-order valence-corrected chi connectivity index (χ0v) is 20.2. The van der Waals surface area contributed by atoms with Crippen molar-refractivity contribution in [3.63, 3.8) is 0 Å². The monoisotopic (exact) mass is 466 g/mol. The van der Waals surface area contributed by atoms with E-state index in [1.165, 1.54) is 12.1 Å². The minimum Gasteiger partial charge on any atom is -0.494 e. The number of rotatable bonds is 9. The molecule has 0 fully saturated rings. The van der Waals surface area contributed by atoms with Crippen molar-refractivity contribution >= 4 is 27.3 Å². The van der Waals surface area contributed by atoms with E-state index in [-0.39, 0.29) is 11.4 Å². The first kappa shape index (κ1) is 24.3. The number of carbonyl (C=O) groups excluding carboxylic acids is 1. The van der Waals surface area contributed by atoms with E-state index in [0.717, 1.165) is 15.4 Å². The molecule has 0 aliphatic heterocycles. The van der Waals surface area contributed by atoms with Crippen molar-refractivity contribution in [2.45, 2.75) is 38.5 Å². The smallest absolute Gasteiger partial charge is 0.264 e. The molecule has 1 N–H and O–H groups in total. The normalized spacial score (nSPS) is 11.3. The predicted molar refractivity (Wildman–Crippen MR) is 132 cm³/mol. The van der Waals surface area contributed by atoms with Gasteiger partial charge in [0.25, 0.3) is 10.0 Å². The van der Waals surface area contributed by atoms with Crippen LogP contribution in [0.2, 0.25) is 0 Å². The molecule has 3 rings (SSSR count). The van der Waals surface area contributed by atoms with E-state index in [1.54, 1.807) is 24.3 Å². The summed E-state index contributed by atoms with van der Waals surface area (Å²) in [6.45, 7) is 8.10. The van der Waals surface area contributed by atoms with Crippen LogP contribution in [-0.2, 0) is 14.8 Å². The van der Waals surface area contributed by atoms with Crippen molar-refractivity contribution in [1.82, 2.24) is 0 Å². The maximum absolute atomic E-state index is 13.5. The third-order valence-corrected chi connectivity index (χ3v) is 6.98. The van der Waals surface area contributed by atoms with Crippen LogP contribution in [0.3, 0.4) is 0 Å². The van der Waals surface area contributed by atoms with Gasteiger partial charge in [-0.15, -0.1) is 0 Å². The topological polar surface area (TPSA) is 75.7 Å². The van der Waals surface area contributed by atoms with Gasteiger partial charge in [0.2, 0.25) is 5.91 Å². The number of sulfonamides is 1. The number of amides is 1. The fraction of sp³-hybridized carbons (Fsp3) is 0.269. The molecule has 0 spiro atoms. The zero-order chi connectivity index (χ0) is 24.0. The summed E-state index contributed by atoms with van der Waals surface area (Å²) in [5, 5.41) is 2.80. The Morgan fingerprint density at radius 3 is 2.09 bits per heavy atom. The maximum atomic E-state index is 13.5. The van der Waals surface area contributed by atoms with E-state index in [9.17, 15) is 13.2 Å². The fourth-order valence-electron chi connectivity index (χ4n) is 3.31. The Hall–Kier alpha value is -3.32. The summed E-state index contributed by atoms with van der Waals surface area (Å²) in [5.74, 6) is 0.536. The molecule has 0 heterocycles. The van der Waals surface area contributed by atoms with Crippen LogP contribution in [0.5, 0.6) is 5.75 Å². The van der Waals surface area contributed by atoms with Crippen molar-refractivity contribution in [1.29, 1.82) is 0 Å². The molecule has 0 aliphatic rings. The number of nitrogens with one attached hydrogen (secondary N) is 1. The predicted octanol–water partition coefficient (Wildman–Crippen LogP) is 5.35. The molecule has 0 bridgehead atoms. The highest BCUT2D eigenvalue weighted by atomic mass is 32.2. The van der Waals surface area contributed by atoms with Crippen LogP contribution in [0.25, 0.3) is 0 Å². The van der Waals surface area contributed by atoms with Gasteiger partial charge in [0.15, 0.2) is 0 Å². The standard InChI is InChI=1S/C26H30N2O4S/c1-5-32-24-14-16-25(17-15-24)33(30,31)28(23-12-6-20(4)7-13-23)18-26(29)27-22-10-8-21(9-11-22)19(2)3/h6-17,19H,5,18H2,1-4H3,(H,27,29). The van der Waals surface area contributed by atoms with Crippen LogP contribution in [0, 0.1) is 6.92 Å². The second kappa shape index (κ2) is 10.5. The second-order valence-electron chi connectivity index (χ2n) is 8.08. The van der Waals surface area contributed by atoms with Gasteiger partial charge < -0.3 is 10.1 Å². The average molecular weight is 467 g/mol. The zero-order valence-electron chi connectivity index (χ0n) is 19.4. The van der Waals surface area contributed by atoms with Gasteiger partial charge in [-0.2, -0.15) is 0 Å². The highest BCUT2D eigenvalue weighted by Crippen LogP contribution is 2.26. The summed E-state index contributed by atoms with van der Waals surface area (Å²) in [5.41, 5.74) is 3.19. The van der Waals surface area contributed by atoms with Gasteiger partial charge in [0.1, 0.15) is 12.3 Å². The van der Waals surface area contributed by atoms with Crippen molar-refractivity contribution in [3.8, 4) is 5.75 Å². The molecule has 7 heteroatoms. The SMILES string of the molecule is CCOc1ccc(S(=O)(=O)N(CC(=O)Nc2ccc(C(C)C)cc2)c2ccc(C)cc2)cc1. The van der Waals surface area contributed by atoms with Gasteiger partial charge in [-0.1, -0.05) is 43.7 Å². The number of aryl methyl sites for hydroxylation is 1. The molecular weight excluding hydrogens is 436 g/mol. The minimum absolute atomic E-state index is 0.0839. The fourth-order valence-corrected chi connectivity index (χ4v) is 4.73. The van der Waals surface area contributed by atoms with E-state index in [4.69, 9.17) is 4.74 Å². The molecule has 0 radical (unpaired) electrons. The van der Waals surface area contributed by atoms with Crippen LogP contribution >= 0.6 is 0 Å². The number of hydrogen-bond acceptors (Lipinski definition) is 4. The molecule has 3 aromatic rings. The van der Waals surface area contributed by atoms with Crippen molar-refractivity contribution in [2.24, 2.45) is 0 Å². The van der Waals surface area contributed by atoms with Gasteiger partial charge in [-0.05, 0) is 73.9 Å². The third kappa shape index (κ3) is 6.14. The summed E-state index contributed by atoms with van der Waals surface area (Å²) in [7, 11) is -3.99. The molecule has 0 aromatic heterocycles. The van der Waals surface area contributed by atoms with Crippen molar-refractivity contribution in [3.05, 3.63) is 83.9 Å². The minimum atomic E-state index is -3.99. The third-order valence-electron chi connectivity index (χ3n) is 5.19. The summed E-state index contributed by atoms with van der Waals surface area (Å²) in [6, 6.07) is 20.8. The summed E-state index contributed by atoms with van der Waals surface area (Å²) in [6.07, 6.45) is 0. The number of ether oxygens (including phenoxy) is 1.